The molecule has 3 heteroatoms. The lowest BCUT2D eigenvalue weighted by atomic mass is 9.48. The maximum Gasteiger partial charge on any atom is 0.146 e. The van der Waals surface area contributed by atoms with E-state index in [4.69, 9.17) is 9.47 Å². The number of Topliss-reactive ketones (excluding diaryl/α,β-unsaturated/α-hetero) is 1. The number of rotatable bonds is 3. The third-order valence-corrected chi connectivity index (χ3v) is 6.21. The molecule has 0 N–H and O–H groups in total. The predicted octanol–water partition coefficient (Wildman–Crippen LogP) is 3.17. The smallest absolute Gasteiger partial charge is 0.146 e. The Bertz CT molecular complexity index is 350. The maximum atomic E-state index is 12.3. The zero-order chi connectivity index (χ0) is 13.6. The fourth-order valence-electron chi connectivity index (χ4n) is 4.25. The van der Waals surface area contributed by atoms with Crippen LogP contribution in [-0.4, -0.2) is 25.8 Å². The second-order valence-corrected chi connectivity index (χ2v) is 6.90. The van der Waals surface area contributed by atoms with E-state index in [0.29, 0.717) is 19.0 Å². The minimum Gasteiger partial charge on any atom is -0.359 e. The second-order valence-electron chi connectivity index (χ2n) is 6.90. The van der Waals surface area contributed by atoms with Crippen LogP contribution in [0.5, 0.6) is 0 Å². The molecule has 3 atom stereocenters. The summed E-state index contributed by atoms with van der Waals surface area (Å²) < 4.78 is 10.9. The Hall–Kier alpha value is -0.410. The van der Waals surface area contributed by atoms with Crippen molar-refractivity contribution in [2.45, 2.75) is 59.5 Å². The first-order chi connectivity index (χ1) is 8.29. The topological polar surface area (TPSA) is 35.5 Å². The molecule has 0 aromatic carbocycles. The van der Waals surface area contributed by atoms with E-state index in [2.05, 4.69) is 27.7 Å². The van der Waals surface area contributed by atoms with Crippen LogP contribution in [0.3, 0.4) is 0 Å². The van der Waals surface area contributed by atoms with Crippen molar-refractivity contribution in [1.29, 1.82) is 0 Å². The molecule has 3 nitrogen and oxygen atoms in total. The van der Waals surface area contributed by atoms with Crippen LogP contribution < -0.4 is 0 Å². The van der Waals surface area contributed by atoms with Crippen molar-refractivity contribution in [2.75, 3.05) is 13.9 Å². The summed E-state index contributed by atoms with van der Waals surface area (Å²) in [7, 11) is 1.66. The van der Waals surface area contributed by atoms with Crippen molar-refractivity contribution in [2.24, 2.45) is 16.2 Å². The molecular formula is C15H26O3. The summed E-state index contributed by atoms with van der Waals surface area (Å²) in [5.41, 5.74) is -0.123. The first kappa shape index (κ1) is 14.0. The lowest BCUT2D eigenvalue weighted by Crippen LogP contribution is -2.56. The molecule has 0 bridgehead atoms. The molecule has 2 aliphatic rings. The zero-order valence-electron chi connectivity index (χ0n) is 12.3. The van der Waals surface area contributed by atoms with Gasteiger partial charge in [-0.25, -0.2) is 0 Å². The van der Waals surface area contributed by atoms with Crippen LogP contribution >= 0.6 is 0 Å². The summed E-state index contributed by atoms with van der Waals surface area (Å²) in [6.45, 7) is 9.16. The highest BCUT2D eigenvalue weighted by Gasteiger charge is 2.65. The molecule has 18 heavy (non-hydrogen) atoms. The van der Waals surface area contributed by atoms with Crippen LogP contribution in [0.1, 0.15) is 53.4 Å². The van der Waals surface area contributed by atoms with Crippen LogP contribution in [0.15, 0.2) is 0 Å². The Morgan fingerprint density at radius 2 is 1.89 bits per heavy atom. The Morgan fingerprint density at radius 1 is 1.22 bits per heavy atom. The van der Waals surface area contributed by atoms with Crippen molar-refractivity contribution in [3.8, 4) is 0 Å². The standard InChI is InChI=1S/C15H26O3/c1-13(2)11(16)6-8-14(3)12(18-10-17-5)7-9-15(13,14)4/h12H,6-10H2,1-5H3. The molecule has 0 aromatic heterocycles. The predicted molar refractivity (Wildman–Crippen MR) is 70.2 cm³/mol. The van der Waals surface area contributed by atoms with E-state index in [9.17, 15) is 4.79 Å². The number of carbonyl (C=O) groups is 1. The summed E-state index contributed by atoms with van der Waals surface area (Å²) >= 11 is 0. The van der Waals surface area contributed by atoms with Gasteiger partial charge in [-0.1, -0.05) is 27.7 Å². The summed E-state index contributed by atoms with van der Waals surface area (Å²) in [5, 5.41) is 0. The van der Waals surface area contributed by atoms with E-state index in [1.54, 1.807) is 7.11 Å². The van der Waals surface area contributed by atoms with E-state index in [-0.39, 0.29) is 22.3 Å². The SMILES string of the molecule is COCOC1CCC2(C)C(C)(C)C(=O)CCC12C. The first-order valence-electron chi connectivity index (χ1n) is 6.93. The van der Waals surface area contributed by atoms with Gasteiger partial charge in [-0.05, 0) is 24.7 Å². The van der Waals surface area contributed by atoms with Gasteiger partial charge in [0.15, 0.2) is 0 Å². The van der Waals surface area contributed by atoms with Gasteiger partial charge in [-0.3, -0.25) is 4.79 Å². The molecule has 2 saturated carbocycles. The molecular weight excluding hydrogens is 228 g/mol. The van der Waals surface area contributed by atoms with Crippen LogP contribution in [-0.2, 0) is 14.3 Å². The molecule has 3 unspecified atom stereocenters. The van der Waals surface area contributed by atoms with Crippen molar-refractivity contribution < 1.29 is 14.3 Å². The van der Waals surface area contributed by atoms with Crippen molar-refractivity contribution in [3.05, 3.63) is 0 Å². The van der Waals surface area contributed by atoms with Gasteiger partial charge in [0.25, 0.3) is 0 Å². The number of carbonyl (C=O) groups excluding carboxylic acids is 1. The molecule has 0 radical (unpaired) electrons. The number of fused-ring (bicyclic) bond motifs is 1. The van der Waals surface area contributed by atoms with Crippen molar-refractivity contribution >= 4 is 5.78 Å². The normalized spacial score (nSPS) is 42.9. The van der Waals surface area contributed by atoms with Gasteiger partial charge in [0.1, 0.15) is 12.6 Å². The molecule has 104 valence electrons. The van der Waals surface area contributed by atoms with Gasteiger partial charge in [0, 0.05) is 24.4 Å². The first-order valence-corrected chi connectivity index (χ1v) is 6.93. The van der Waals surface area contributed by atoms with Gasteiger partial charge in [0.05, 0.1) is 6.10 Å². The molecule has 0 aromatic rings. The van der Waals surface area contributed by atoms with Gasteiger partial charge >= 0.3 is 0 Å². The fraction of sp³-hybridized carbons (Fsp3) is 0.933. The third kappa shape index (κ3) is 1.60. The van der Waals surface area contributed by atoms with Crippen LogP contribution in [0.4, 0.5) is 0 Å². The minimum absolute atomic E-state index is 0.0355. The molecule has 0 amide bonds. The largest absolute Gasteiger partial charge is 0.359 e. The van der Waals surface area contributed by atoms with Crippen molar-refractivity contribution in [1.82, 2.24) is 0 Å². The number of methoxy groups -OCH3 is 1. The van der Waals surface area contributed by atoms with E-state index in [1.165, 1.54) is 0 Å². The fourth-order valence-corrected chi connectivity index (χ4v) is 4.25. The van der Waals surface area contributed by atoms with Crippen LogP contribution in [0, 0.1) is 16.2 Å². The monoisotopic (exact) mass is 254 g/mol. The Kier molecular flexibility index (Phi) is 3.35. The minimum atomic E-state index is -0.245. The number of hydrogen-bond acceptors (Lipinski definition) is 3. The van der Waals surface area contributed by atoms with Crippen molar-refractivity contribution in [3.63, 3.8) is 0 Å². The van der Waals surface area contributed by atoms with E-state index < -0.39 is 0 Å². The zero-order valence-corrected chi connectivity index (χ0v) is 12.3. The van der Waals surface area contributed by atoms with Crippen LogP contribution in [0.25, 0.3) is 0 Å². The molecule has 2 rings (SSSR count). The average molecular weight is 254 g/mol. The average Bonchev–Trinajstić information content (AvgIpc) is 2.58. The maximum absolute atomic E-state index is 12.3. The number of ketones is 1. The number of hydrogen-bond donors (Lipinski definition) is 0. The van der Waals surface area contributed by atoms with E-state index >= 15 is 0 Å². The van der Waals surface area contributed by atoms with Crippen LogP contribution in [0.2, 0.25) is 0 Å². The summed E-state index contributed by atoms with van der Waals surface area (Å²) in [5.74, 6) is 0.412. The van der Waals surface area contributed by atoms with Gasteiger partial charge in [-0.2, -0.15) is 0 Å². The highest BCUT2D eigenvalue weighted by Crippen LogP contribution is 2.66. The highest BCUT2D eigenvalue weighted by atomic mass is 16.7. The van der Waals surface area contributed by atoms with E-state index in [1.807, 2.05) is 0 Å². The summed E-state index contributed by atoms with van der Waals surface area (Å²) in [4.78, 5) is 12.3. The van der Waals surface area contributed by atoms with Gasteiger partial charge in [-0.15, -0.1) is 0 Å². The summed E-state index contributed by atoms with van der Waals surface area (Å²) in [6.07, 6.45) is 3.95. The third-order valence-electron chi connectivity index (χ3n) is 6.21. The Balaban J connectivity index is 2.31. The van der Waals surface area contributed by atoms with Gasteiger partial charge < -0.3 is 9.47 Å². The molecule has 2 fully saturated rings. The lowest BCUT2D eigenvalue weighted by Gasteiger charge is -2.56. The highest BCUT2D eigenvalue weighted by molar-refractivity contribution is 5.86. The molecule has 0 saturated heterocycles. The summed E-state index contributed by atoms with van der Waals surface area (Å²) in [6, 6.07) is 0. The quantitative estimate of drug-likeness (QED) is 0.726. The van der Waals surface area contributed by atoms with E-state index in [0.717, 1.165) is 19.3 Å². The Labute approximate surface area is 110 Å². The molecule has 0 spiro atoms. The molecule has 2 aliphatic carbocycles. The molecule has 0 heterocycles. The lowest BCUT2D eigenvalue weighted by molar-refractivity contribution is -0.170. The number of ether oxygens (including phenoxy) is 2. The second kappa shape index (κ2) is 4.31. The molecule has 0 aliphatic heterocycles. The Morgan fingerprint density at radius 3 is 2.50 bits per heavy atom. The van der Waals surface area contributed by atoms with Gasteiger partial charge in [0.2, 0.25) is 0 Å².